The van der Waals surface area contributed by atoms with Gasteiger partial charge in [-0.05, 0) is 25.1 Å². The van der Waals surface area contributed by atoms with Gasteiger partial charge < -0.3 is 20.7 Å². The van der Waals surface area contributed by atoms with E-state index in [2.05, 4.69) is 31.2 Å². The van der Waals surface area contributed by atoms with Crippen molar-refractivity contribution in [3.8, 4) is 0 Å². The highest BCUT2D eigenvalue weighted by Crippen LogP contribution is 2.19. The van der Waals surface area contributed by atoms with Crippen LogP contribution in [-0.4, -0.2) is 42.3 Å². The first-order chi connectivity index (χ1) is 12.9. The van der Waals surface area contributed by atoms with E-state index in [0.717, 1.165) is 6.07 Å². The van der Waals surface area contributed by atoms with E-state index in [1.165, 1.54) is 19.2 Å². The number of aryl methyl sites for hydroxylation is 1. The lowest BCUT2D eigenvalue weighted by Gasteiger charge is -2.10. The average molecular weight is 397 g/mol. The number of carbonyl (C=O) groups is 2. The van der Waals surface area contributed by atoms with Crippen molar-refractivity contribution in [3.63, 3.8) is 0 Å². The minimum absolute atomic E-state index is 0.0652. The molecule has 11 heteroatoms. The zero-order chi connectivity index (χ0) is 19.8. The monoisotopic (exact) mass is 396 g/mol. The van der Waals surface area contributed by atoms with E-state index >= 15 is 0 Å². The zero-order valence-electron chi connectivity index (χ0n) is 14.6. The van der Waals surface area contributed by atoms with Gasteiger partial charge in [-0.15, -0.1) is 0 Å². The number of hydrogen-bond donors (Lipinski definition) is 4. The number of alkyl carbamates (subject to hydrolysis) is 1. The molecule has 0 aliphatic carbocycles. The van der Waals surface area contributed by atoms with Gasteiger partial charge in [0.1, 0.15) is 18.2 Å². The summed E-state index contributed by atoms with van der Waals surface area (Å²) < 4.78 is 18.0. The highest BCUT2D eigenvalue weighted by molar-refractivity contribution is 6.31. The molecular weight excluding hydrogens is 379 g/mol. The number of carbonyl (C=O) groups excluding carboxylic acids is 2. The predicted molar refractivity (Wildman–Crippen MR) is 99.7 cm³/mol. The normalized spacial score (nSPS) is 10.1. The van der Waals surface area contributed by atoms with Gasteiger partial charge in [-0.2, -0.15) is 4.98 Å². The quantitative estimate of drug-likeness (QED) is 0.557. The van der Waals surface area contributed by atoms with Gasteiger partial charge in [-0.25, -0.2) is 19.0 Å². The molecule has 0 aliphatic rings. The summed E-state index contributed by atoms with van der Waals surface area (Å²) in [6.45, 7) is 2.19. The van der Waals surface area contributed by atoms with E-state index in [1.807, 2.05) is 0 Å². The van der Waals surface area contributed by atoms with Crippen LogP contribution in [0, 0.1) is 12.7 Å². The lowest BCUT2D eigenvalue weighted by atomic mass is 10.3. The molecule has 0 unspecified atom stereocenters. The van der Waals surface area contributed by atoms with Gasteiger partial charge in [0.25, 0.3) is 0 Å². The van der Waals surface area contributed by atoms with Crippen molar-refractivity contribution >= 4 is 41.2 Å². The van der Waals surface area contributed by atoms with Crippen molar-refractivity contribution in [2.45, 2.75) is 6.92 Å². The Labute approximate surface area is 159 Å². The van der Waals surface area contributed by atoms with Crippen molar-refractivity contribution < 1.29 is 18.7 Å². The van der Waals surface area contributed by atoms with Crippen LogP contribution < -0.4 is 21.3 Å². The Balaban J connectivity index is 1.93. The Morgan fingerprint density at radius 2 is 2.00 bits per heavy atom. The molecule has 0 saturated heterocycles. The second kappa shape index (κ2) is 9.53. The summed E-state index contributed by atoms with van der Waals surface area (Å²) in [5.74, 6) is -0.0701. The van der Waals surface area contributed by atoms with Crippen molar-refractivity contribution in [1.82, 2.24) is 15.3 Å². The molecule has 27 heavy (non-hydrogen) atoms. The third-order valence-electron chi connectivity index (χ3n) is 3.10. The molecule has 0 saturated carbocycles. The molecule has 3 amide bonds. The molecule has 2 aromatic rings. The molecule has 144 valence electrons. The van der Waals surface area contributed by atoms with E-state index in [1.54, 1.807) is 13.0 Å². The van der Waals surface area contributed by atoms with Crippen LogP contribution in [0.3, 0.4) is 0 Å². The minimum Gasteiger partial charge on any atom is -0.448 e. The molecule has 0 radical (unpaired) electrons. The van der Waals surface area contributed by atoms with Crippen LogP contribution in [-0.2, 0) is 4.74 Å². The summed E-state index contributed by atoms with van der Waals surface area (Å²) in [7, 11) is 1.46. The largest absolute Gasteiger partial charge is 0.448 e. The number of aromatic nitrogens is 2. The fourth-order valence-electron chi connectivity index (χ4n) is 1.95. The predicted octanol–water partition coefficient (Wildman–Crippen LogP) is 2.99. The Kier molecular flexibility index (Phi) is 7.12. The highest BCUT2D eigenvalue weighted by atomic mass is 35.5. The molecular formula is C16H18ClFN6O3. The second-order valence-electron chi connectivity index (χ2n) is 5.24. The molecule has 9 nitrogen and oxygen atoms in total. The third-order valence-corrected chi connectivity index (χ3v) is 3.39. The van der Waals surface area contributed by atoms with Gasteiger partial charge in [0.05, 0.1) is 11.6 Å². The van der Waals surface area contributed by atoms with Crippen LogP contribution in [0.1, 0.15) is 5.69 Å². The van der Waals surface area contributed by atoms with Gasteiger partial charge in [0, 0.05) is 24.5 Å². The lowest BCUT2D eigenvalue weighted by molar-refractivity contribution is 0.153. The first kappa shape index (κ1) is 20.2. The van der Waals surface area contributed by atoms with E-state index < -0.39 is 17.9 Å². The average Bonchev–Trinajstić information content (AvgIpc) is 2.61. The molecule has 4 N–H and O–H groups in total. The number of hydrogen-bond acceptors (Lipinski definition) is 6. The SMILES string of the molecule is CNC(=O)OCCNc1cc(C)nc(NC(=O)Nc2ccc(F)c(Cl)c2)n1. The number of amides is 3. The Morgan fingerprint density at radius 1 is 1.22 bits per heavy atom. The topological polar surface area (TPSA) is 117 Å². The van der Waals surface area contributed by atoms with Crippen LogP contribution in [0.5, 0.6) is 0 Å². The number of ether oxygens (including phenoxy) is 1. The minimum atomic E-state index is -0.614. The van der Waals surface area contributed by atoms with Gasteiger partial charge in [-0.3, -0.25) is 5.32 Å². The van der Waals surface area contributed by atoms with E-state index in [9.17, 15) is 14.0 Å². The molecule has 0 bridgehead atoms. The van der Waals surface area contributed by atoms with Crippen molar-refractivity contribution in [2.75, 3.05) is 36.1 Å². The van der Waals surface area contributed by atoms with Crippen LogP contribution in [0.4, 0.5) is 31.4 Å². The molecule has 1 aromatic heterocycles. The first-order valence-electron chi connectivity index (χ1n) is 7.84. The van der Waals surface area contributed by atoms with Crippen LogP contribution >= 0.6 is 11.6 Å². The fourth-order valence-corrected chi connectivity index (χ4v) is 2.13. The third kappa shape index (κ3) is 6.59. The van der Waals surface area contributed by atoms with E-state index in [0.29, 0.717) is 23.7 Å². The number of urea groups is 1. The lowest BCUT2D eigenvalue weighted by Crippen LogP contribution is -2.23. The number of anilines is 3. The van der Waals surface area contributed by atoms with E-state index in [4.69, 9.17) is 16.3 Å². The fraction of sp³-hybridized carbons (Fsp3) is 0.250. The molecule has 0 atom stereocenters. The molecule has 0 fully saturated rings. The summed E-state index contributed by atoms with van der Waals surface area (Å²) in [6.07, 6.45) is -0.532. The number of halogens is 2. The van der Waals surface area contributed by atoms with Crippen molar-refractivity contribution in [2.24, 2.45) is 0 Å². The van der Waals surface area contributed by atoms with Gasteiger partial charge >= 0.3 is 12.1 Å². The summed E-state index contributed by atoms with van der Waals surface area (Å²) in [6, 6.07) is 4.86. The number of nitrogens with one attached hydrogen (secondary N) is 4. The summed E-state index contributed by atoms with van der Waals surface area (Å²) in [5, 5.41) is 10.2. The first-order valence-corrected chi connectivity index (χ1v) is 8.22. The van der Waals surface area contributed by atoms with Gasteiger partial charge in [-0.1, -0.05) is 11.6 Å². The summed E-state index contributed by atoms with van der Waals surface area (Å²) >= 11 is 5.67. The maximum Gasteiger partial charge on any atom is 0.406 e. The smallest absolute Gasteiger partial charge is 0.406 e. The van der Waals surface area contributed by atoms with Crippen molar-refractivity contribution in [1.29, 1.82) is 0 Å². The van der Waals surface area contributed by atoms with Crippen molar-refractivity contribution in [3.05, 3.63) is 40.8 Å². The van der Waals surface area contributed by atoms with E-state index in [-0.39, 0.29) is 17.6 Å². The Morgan fingerprint density at radius 3 is 2.70 bits per heavy atom. The van der Waals surface area contributed by atoms with Crippen LogP contribution in [0.15, 0.2) is 24.3 Å². The Bertz CT molecular complexity index is 836. The second-order valence-corrected chi connectivity index (χ2v) is 5.65. The molecule has 1 heterocycles. The molecule has 0 spiro atoms. The highest BCUT2D eigenvalue weighted by Gasteiger charge is 2.09. The van der Waals surface area contributed by atoms with Crippen LogP contribution in [0.25, 0.3) is 0 Å². The summed E-state index contributed by atoms with van der Waals surface area (Å²) in [4.78, 5) is 31.3. The van der Waals surface area contributed by atoms with Crippen LogP contribution in [0.2, 0.25) is 5.02 Å². The summed E-state index contributed by atoms with van der Waals surface area (Å²) in [5.41, 5.74) is 0.927. The standard InChI is InChI=1S/C16H18ClFN6O3/c1-9-7-13(20-5-6-27-16(26)19-2)23-14(21-9)24-15(25)22-10-3-4-12(18)11(17)8-10/h3-4,7-8H,5-6H2,1-2H3,(H,19,26)(H3,20,21,22,23,24,25). The maximum atomic E-state index is 13.1. The number of benzene rings is 1. The molecule has 2 rings (SSSR count). The van der Waals surface area contributed by atoms with Gasteiger partial charge in [0.2, 0.25) is 5.95 Å². The maximum absolute atomic E-state index is 13.1. The number of rotatable bonds is 6. The molecule has 1 aromatic carbocycles. The van der Waals surface area contributed by atoms with Gasteiger partial charge in [0.15, 0.2) is 0 Å². The number of nitrogens with zero attached hydrogens (tertiary/aromatic N) is 2. The zero-order valence-corrected chi connectivity index (χ0v) is 15.4. The molecule has 0 aliphatic heterocycles. The Hall–Kier alpha value is -3.14.